The highest BCUT2D eigenvalue weighted by atomic mass is 16.5. The van der Waals surface area contributed by atoms with Crippen LogP contribution < -0.4 is 4.74 Å². The van der Waals surface area contributed by atoms with Crippen LogP contribution in [-0.4, -0.2) is 10.7 Å². The summed E-state index contributed by atoms with van der Waals surface area (Å²) >= 11 is 0. The third kappa shape index (κ3) is 2.84. The lowest BCUT2D eigenvalue weighted by Crippen LogP contribution is -2.33. The highest BCUT2D eigenvalue weighted by Gasteiger charge is 2.31. The molecule has 2 nitrogen and oxygen atoms in total. The summed E-state index contributed by atoms with van der Waals surface area (Å²) < 4.78 is 6.17. The second kappa shape index (κ2) is 5.51. The molecule has 110 valence electrons. The zero-order valence-corrected chi connectivity index (χ0v) is 13.3. The summed E-state index contributed by atoms with van der Waals surface area (Å²) in [5.41, 5.74) is 4.10. The molecule has 1 aromatic rings. The van der Waals surface area contributed by atoms with Crippen molar-refractivity contribution in [3.05, 3.63) is 40.2 Å². The van der Waals surface area contributed by atoms with Gasteiger partial charge >= 0.3 is 0 Å². The fourth-order valence-electron chi connectivity index (χ4n) is 2.72. The van der Waals surface area contributed by atoms with E-state index in [1.165, 1.54) is 12.0 Å². The molecule has 1 fully saturated rings. The molecule has 0 saturated heterocycles. The first kappa shape index (κ1) is 15.0. The highest BCUT2D eigenvalue weighted by molar-refractivity contribution is 5.44. The molecule has 1 aliphatic rings. The zero-order valence-electron chi connectivity index (χ0n) is 13.3. The Kier molecular flexibility index (Phi) is 4.12. The summed E-state index contributed by atoms with van der Waals surface area (Å²) in [4.78, 5) is 0. The number of aliphatic hydroxyl groups is 1. The lowest BCUT2D eigenvalue weighted by molar-refractivity contribution is 0.0897. The molecule has 0 unspecified atom stereocenters. The summed E-state index contributed by atoms with van der Waals surface area (Å²) in [7, 11) is 0. The number of benzene rings is 1. The minimum absolute atomic E-state index is 0.419. The van der Waals surface area contributed by atoms with Crippen molar-refractivity contribution in [1.82, 2.24) is 0 Å². The van der Waals surface area contributed by atoms with E-state index in [4.69, 9.17) is 4.74 Å². The summed E-state index contributed by atoms with van der Waals surface area (Å²) in [6, 6.07) is 4.35. The van der Waals surface area contributed by atoms with Crippen LogP contribution in [0.5, 0.6) is 5.75 Å². The number of aryl methyl sites for hydroxylation is 3. The number of hydrogen-bond donors (Lipinski definition) is 1. The van der Waals surface area contributed by atoms with Gasteiger partial charge in [-0.25, -0.2) is 0 Å². The van der Waals surface area contributed by atoms with Crippen LogP contribution in [0.1, 0.15) is 56.7 Å². The molecule has 20 heavy (non-hydrogen) atoms. The van der Waals surface area contributed by atoms with Gasteiger partial charge in [0.2, 0.25) is 0 Å². The Bertz CT molecular complexity index is 509. The normalized spacial score (nSPS) is 14.9. The van der Waals surface area contributed by atoms with E-state index in [1.54, 1.807) is 0 Å². The van der Waals surface area contributed by atoms with Crippen LogP contribution in [0.25, 0.3) is 0 Å². The first-order chi connectivity index (χ1) is 9.35. The molecule has 0 heterocycles. The SMILES string of the molecule is CCc1cc(C)c(OC(C)(C)C(O)=C2CCC2)c(C)c1. The summed E-state index contributed by atoms with van der Waals surface area (Å²) in [5.74, 6) is 1.32. The van der Waals surface area contributed by atoms with Crippen molar-refractivity contribution in [2.75, 3.05) is 0 Å². The Labute approximate surface area is 122 Å². The van der Waals surface area contributed by atoms with Gasteiger partial charge in [-0.1, -0.05) is 19.1 Å². The van der Waals surface area contributed by atoms with Crippen molar-refractivity contribution in [3.8, 4) is 5.75 Å². The molecular formula is C18H26O2. The molecule has 0 aromatic heterocycles. The Morgan fingerprint density at radius 3 is 2.15 bits per heavy atom. The van der Waals surface area contributed by atoms with Gasteiger partial charge in [0, 0.05) is 0 Å². The average molecular weight is 274 g/mol. The van der Waals surface area contributed by atoms with E-state index in [2.05, 4.69) is 32.9 Å². The fourth-order valence-corrected chi connectivity index (χ4v) is 2.72. The van der Waals surface area contributed by atoms with Crippen LogP contribution in [0.3, 0.4) is 0 Å². The van der Waals surface area contributed by atoms with E-state index >= 15 is 0 Å². The second-order valence-electron chi connectivity index (χ2n) is 6.33. The number of rotatable bonds is 4. The smallest absolute Gasteiger partial charge is 0.160 e. The van der Waals surface area contributed by atoms with Crippen LogP contribution in [0.4, 0.5) is 0 Å². The van der Waals surface area contributed by atoms with E-state index in [0.29, 0.717) is 5.76 Å². The second-order valence-corrected chi connectivity index (χ2v) is 6.33. The Morgan fingerprint density at radius 2 is 1.75 bits per heavy atom. The number of ether oxygens (including phenoxy) is 1. The third-order valence-corrected chi connectivity index (χ3v) is 4.15. The molecule has 1 N–H and O–H groups in total. The monoisotopic (exact) mass is 274 g/mol. The van der Waals surface area contributed by atoms with Crippen molar-refractivity contribution >= 4 is 0 Å². The van der Waals surface area contributed by atoms with Gasteiger partial charge < -0.3 is 9.84 Å². The van der Waals surface area contributed by atoms with Crippen molar-refractivity contribution in [3.63, 3.8) is 0 Å². The average Bonchev–Trinajstić information content (AvgIpc) is 2.31. The Morgan fingerprint density at radius 1 is 1.20 bits per heavy atom. The van der Waals surface area contributed by atoms with Gasteiger partial charge in [0.25, 0.3) is 0 Å². The zero-order chi connectivity index (χ0) is 14.9. The van der Waals surface area contributed by atoms with Gasteiger partial charge in [0.05, 0.1) is 0 Å². The molecule has 0 spiro atoms. The summed E-state index contributed by atoms with van der Waals surface area (Å²) in [6.07, 6.45) is 4.22. The maximum atomic E-state index is 10.4. The maximum absolute atomic E-state index is 10.4. The van der Waals surface area contributed by atoms with E-state index in [0.717, 1.165) is 41.7 Å². The Hall–Kier alpha value is -1.44. The maximum Gasteiger partial charge on any atom is 0.160 e. The number of hydrogen-bond acceptors (Lipinski definition) is 2. The lowest BCUT2D eigenvalue weighted by atomic mass is 9.87. The Balaban J connectivity index is 2.29. The van der Waals surface area contributed by atoms with Gasteiger partial charge in [-0.3, -0.25) is 0 Å². The molecule has 1 aromatic carbocycles. The summed E-state index contributed by atoms with van der Waals surface area (Å²) in [6.45, 7) is 10.2. The van der Waals surface area contributed by atoms with E-state index in [-0.39, 0.29) is 0 Å². The van der Waals surface area contributed by atoms with Crippen molar-refractivity contribution in [2.24, 2.45) is 0 Å². The molecule has 0 bridgehead atoms. The molecule has 2 rings (SSSR count). The predicted molar refractivity (Wildman–Crippen MR) is 83.5 cm³/mol. The third-order valence-electron chi connectivity index (χ3n) is 4.15. The first-order valence-corrected chi connectivity index (χ1v) is 7.55. The number of allylic oxidation sites excluding steroid dienone is 1. The topological polar surface area (TPSA) is 29.5 Å². The van der Waals surface area contributed by atoms with Crippen molar-refractivity contribution in [1.29, 1.82) is 0 Å². The van der Waals surface area contributed by atoms with Crippen LogP contribution in [0.15, 0.2) is 23.5 Å². The quantitative estimate of drug-likeness (QED) is 0.781. The minimum atomic E-state index is -0.654. The van der Waals surface area contributed by atoms with Crippen LogP contribution >= 0.6 is 0 Å². The molecule has 2 heteroatoms. The van der Waals surface area contributed by atoms with Crippen LogP contribution in [0, 0.1) is 13.8 Å². The van der Waals surface area contributed by atoms with Crippen molar-refractivity contribution < 1.29 is 9.84 Å². The van der Waals surface area contributed by atoms with Crippen molar-refractivity contribution in [2.45, 2.75) is 65.9 Å². The highest BCUT2D eigenvalue weighted by Crippen LogP contribution is 2.36. The molecule has 1 saturated carbocycles. The van der Waals surface area contributed by atoms with Crippen LogP contribution in [0.2, 0.25) is 0 Å². The van der Waals surface area contributed by atoms with Gasteiger partial charge in [-0.05, 0) is 75.6 Å². The molecule has 0 amide bonds. The van der Waals surface area contributed by atoms with E-state index < -0.39 is 5.60 Å². The first-order valence-electron chi connectivity index (χ1n) is 7.55. The number of aliphatic hydroxyl groups excluding tert-OH is 1. The van der Waals surface area contributed by atoms with Gasteiger partial charge in [-0.15, -0.1) is 0 Å². The standard InChI is InChI=1S/C18H26O2/c1-6-14-10-12(2)16(13(3)11-14)20-18(4,5)17(19)15-8-7-9-15/h10-11,19H,6-9H2,1-5H3. The minimum Gasteiger partial charge on any atom is -0.508 e. The van der Waals surface area contributed by atoms with E-state index in [9.17, 15) is 5.11 Å². The van der Waals surface area contributed by atoms with E-state index in [1.807, 2.05) is 13.8 Å². The molecule has 1 aliphatic carbocycles. The molecule has 0 atom stereocenters. The lowest BCUT2D eigenvalue weighted by Gasteiger charge is -2.32. The van der Waals surface area contributed by atoms with Gasteiger partial charge in [0.15, 0.2) is 5.60 Å². The fraction of sp³-hybridized carbons (Fsp3) is 0.556. The molecule has 0 radical (unpaired) electrons. The molecule has 0 aliphatic heterocycles. The molecular weight excluding hydrogens is 248 g/mol. The largest absolute Gasteiger partial charge is 0.508 e. The van der Waals surface area contributed by atoms with Crippen LogP contribution in [-0.2, 0) is 6.42 Å². The summed E-state index contributed by atoms with van der Waals surface area (Å²) in [5, 5.41) is 10.4. The van der Waals surface area contributed by atoms with Gasteiger partial charge in [0.1, 0.15) is 11.5 Å². The predicted octanol–water partition coefficient (Wildman–Crippen LogP) is 5.02. The van der Waals surface area contributed by atoms with Gasteiger partial charge in [-0.2, -0.15) is 0 Å².